The Morgan fingerprint density at radius 3 is 2.81 bits per heavy atom. The van der Waals surface area contributed by atoms with Crippen molar-refractivity contribution in [1.82, 2.24) is 15.1 Å². The molecule has 6 heteroatoms. The second-order valence-corrected chi connectivity index (χ2v) is 5.97. The van der Waals surface area contributed by atoms with Crippen LogP contribution in [-0.4, -0.2) is 29.3 Å². The van der Waals surface area contributed by atoms with Crippen LogP contribution < -0.4 is 10.1 Å². The van der Waals surface area contributed by atoms with Crippen LogP contribution in [0.3, 0.4) is 0 Å². The zero-order chi connectivity index (χ0) is 18.2. The van der Waals surface area contributed by atoms with Gasteiger partial charge >= 0.3 is 0 Å². The van der Waals surface area contributed by atoms with Crippen molar-refractivity contribution >= 4 is 5.91 Å². The molecular formula is C20H23N3O3. The number of aromatic nitrogens is 2. The lowest BCUT2D eigenvalue weighted by Crippen LogP contribution is -2.25. The Bertz CT molecular complexity index is 807. The highest BCUT2D eigenvalue weighted by Crippen LogP contribution is 2.24. The van der Waals surface area contributed by atoms with Crippen molar-refractivity contribution in [2.45, 2.75) is 25.8 Å². The van der Waals surface area contributed by atoms with Crippen LogP contribution in [-0.2, 0) is 17.8 Å². The number of hydrogen-bond donors (Lipinski definition) is 1. The molecule has 2 heterocycles. The van der Waals surface area contributed by atoms with Crippen LogP contribution in [0.2, 0.25) is 0 Å². The molecule has 1 amide bonds. The maximum Gasteiger partial charge on any atom is 0.220 e. The normalized spacial score (nSPS) is 10.7. The smallest absolute Gasteiger partial charge is 0.220 e. The van der Waals surface area contributed by atoms with Crippen LogP contribution in [0.5, 0.6) is 5.75 Å². The van der Waals surface area contributed by atoms with E-state index in [2.05, 4.69) is 10.4 Å². The second kappa shape index (κ2) is 8.89. The molecule has 0 radical (unpaired) electrons. The Morgan fingerprint density at radius 2 is 2.08 bits per heavy atom. The highest BCUT2D eigenvalue weighted by Gasteiger charge is 2.08. The van der Waals surface area contributed by atoms with Gasteiger partial charge in [-0.2, -0.15) is 5.10 Å². The van der Waals surface area contributed by atoms with Gasteiger partial charge in [0.1, 0.15) is 17.3 Å². The topological polar surface area (TPSA) is 69.3 Å². The van der Waals surface area contributed by atoms with Gasteiger partial charge < -0.3 is 14.5 Å². The van der Waals surface area contributed by atoms with Crippen LogP contribution in [0.15, 0.2) is 59.3 Å². The summed E-state index contributed by atoms with van der Waals surface area (Å²) in [4.78, 5) is 11.9. The molecule has 136 valence electrons. The second-order valence-electron chi connectivity index (χ2n) is 5.97. The van der Waals surface area contributed by atoms with Crippen LogP contribution in [0.1, 0.15) is 18.6 Å². The summed E-state index contributed by atoms with van der Waals surface area (Å²) >= 11 is 0. The minimum Gasteiger partial charge on any atom is -0.497 e. The lowest BCUT2D eigenvalue weighted by Gasteiger charge is -2.05. The van der Waals surface area contributed by atoms with Gasteiger partial charge in [0, 0.05) is 43.9 Å². The number of nitrogens with zero attached hydrogens (tertiary/aromatic N) is 2. The fourth-order valence-electron chi connectivity index (χ4n) is 2.65. The summed E-state index contributed by atoms with van der Waals surface area (Å²) in [6.07, 6.45) is 5.52. The largest absolute Gasteiger partial charge is 0.497 e. The van der Waals surface area contributed by atoms with Gasteiger partial charge in [-0.05, 0) is 48.9 Å². The molecule has 1 aromatic carbocycles. The van der Waals surface area contributed by atoms with E-state index in [4.69, 9.17) is 9.15 Å². The third-order valence-electron chi connectivity index (χ3n) is 4.08. The number of amides is 1. The first-order chi connectivity index (χ1) is 12.7. The number of carbonyl (C=O) groups excluding carboxylic acids is 1. The third-order valence-corrected chi connectivity index (χ3v) is 4.08. The molecule has 0 aliphatic rings. The molecule has 3 aromatic rings. The zero-order valence-corrected chi connectivity index (χ0v) is 14.9. The fraction of sp³-hybridized carbons (Fsp3) is 0.300. The van der Waals surface area contributed by atoms with Gasteiger partial charge in [-0.1, -0.05) is 0 Å². The Hall–Kier alpha value is -3.02. The molecule has 0 aliphatic carbocycles. The van der Waals surface area contributed by atoms with Crippen molar-refractivity contribution in [2.24, 2.45) is 0 Å². The summed E-state index contributed by atoms with van der Waals surface area (Å²) in [7, 11) is 1.64. The quantitative estimate of drug-likeness (QED) is 0.599. The molecular weight excluding hydrogens is 330 g/mol. The van der Waals surface area contributed by atoms with E-state index in [0.29, 0.717) is 19.4 Å². The summed E-state index contributed by atoms with van der Waals surface area (Å²) in [6, 6.07) is 13.4. The van der Waals surface area contributed by atoms with E-state index in [0.717, 1.165) is 35.8 Å². The van der Waals surface area contributed by atoms with Crippen LogP contribution in [0, 0.1) is 0 Å². The highest BCUT2D eigenvalue weighted by atomic mass is 16.5. The number of ether oxygens (including phenoxy) is 1. The molecule has 0 saturated heterocycles. The summed E-state index contributed by atoms with van der Waals surface area (Å²) in [6.45, 7) is 1.45. The summed E-state index contributed by atoms with van der Waals surface area (Å²) in [5.74, 6) is 2.45. The minimum atomic E-state index is 0.0351. The Kier molecular flexibility index (Phi) is 6.09. The van der Waals surface area contributed by atoms with Gasteiger partial charge in [0.2, 0.25) is 5.91 Å². The molecule has 0 bridgehead atoms. The monoisotopic (exact) mass is 353 g/mol. The van der Waals surface area contributed by atoms with Crippen molar-refractivity contribution < 1.29 is 13.9 Å². The van der Waals surface area contributed by atoms with Crippen LogP contribution in [0.25, 0.3) is 11.3 Å². The summed E-state index contributed by atoms with van der Waals surface area (Å²) in [5, 5.41) is 7.06. The van der Waals surface area contributed by atoms with Gasteiger partial charge in [0.25, 0.3) is 0 Å². The number of carbonyl (C=O) groups is 1. The van der Waals surface area contributed by atoms with E-state index in [1.54, 1.807) is 13.3 Å². The standard InChI is InChI=1S/C20H23N3O3/c1-25-17-6-4-16(5-7-17)19-10-8-18(26-19)9-11-20(24)21-12-2-14-23-15-3-13-22-23/h3-8,10,13,15H,2,9,11-12,14H2,1H3,(H,21,24). The summed E-state index contributed by atoms with van der Waals surface area (Å²) in [5.41, 5.74) is 0.986. The Balaban J connectivity index is 1.40. The Morgan fingerprint density at radius 1 is 1.23 bits per heavy atom. The first-order valence-electron chi connectivity index (χ1n) is 8.72. The maximum atomic E-state index is 11.9. The van der Waals surface area contributed by atoms with Gasteiger partial charge in [0.15, 0.2) is 0 Å². The zero-order valence-electron chi connectivity index (χ0n) is 14.9. The number of furan rings is 1. The van der Waals surface area contributed by atoms with E-state index in [1.165, 1.54) is 0 Å². The molecule has 0 fully saturated rings. The average Bonchev–Trinajstić information content (AvgIpc) is 3.35. The van der Waals surface area contributed by atoms with E-state index in [9.17, 15) is 4.79 Å². The molecule has 0 aliphatic heterocycles. The molecule has 0 atom stereocenters. The molecule has 0 spiro atoms. The predicted octanol–water partition coefficient (Wildman–Crippen LogP) is 3.29. The number of rotatable bonds is 9. The van der Waals surface area contributed by atoms with Crippen molar-refractivity contribution in [2.75, 3.05) is 13.7 Å². The lowest BCUT2D eigenvalue weighted by molar-refractivity contribution is -0.121. The number of methoxy groups -OCH3 is 1. The average molecular weight is 353 g/mol. The van der Waals surface area contributed by atoms with Gasteiger partial charge in [-0.25, -0.2) is 0 Å². The minimum absolute atomic E-state index is 0.0351. The van der Waals surface area contributed by atoms with E-state index < -0.39 is 0 Å². The molecule has 26 heavy (non-hydrogen) atoms. The van der Waals surface area contributed by atoms with Gasteiger partial charge in [-0.3, -0.25) is 9.48 Å². The molecule has 0 unspecified atom stereocenters. The maximum absolute atomic E-state index is 11.9. The Labute approximate surface area is 152 Å². The van der Waals surface area contributed by atoms with E-state index in [-0.39, 0.29) is 5.91 Å². The van der Waals surface area contributed by atoms with Crippen LogP contribution in [0.4, 0.5) is 0 Å². The number of hydrogen-bond acceptors (Lipinski definition) is 4. The highest BCUT2D eigenvalue weighted by molar-refractivity contribution is 5.76. The van der Waals surface area contributed by atoms with Gasteiger partial charge in [-0.15, -0.1) is 0 Å². The van der Waals surface area contributed by atoms with Gasteiger partial charge in [0.05, 0.1) is 7.11 Å². The fourth-order valence-corrected chi connectivity index (χ4v) is 2.65. The van der Waals surface area contributed by atoms with Crippen LogP contribution >= 0.6 is 0 Å². The molecule has 1 N–H and O–H groups in total. The predicted molar refractivity (Wildman–Crippen MR) is 98.9 cm³/mol. The van der Waals surface area contributed by atoms with Crippen molar-refractivity contribution in [3.05, 3.63) is 60.6 Å². The lowest BCUT2D eigenvalue weighted by atomic mass is 10.2. The first kappa shape index (κ1) is 17.8. The van der Waals surface area contributed by atoms with E-state index >= 15 is 0 Å². The molecule has 0 saturated carbocycles. The SMILES string of the molecule is COc1ccc(-c2ccc(CCC(=O)NCCCn3cccn3)o2)cc1. The van der Waals surface area contributed by atoms with Crippen molar-refractivity contribution in [1.29, 1.82) is 0 Å². The first-order valence-corrected chi connectivity index (χ1v) is 8.72. The number of benzene rings is 1. The van der Waals surface area contributed by atoms with E-state index in [1.807, 2.05) is 53.3 Å². The number of nitrogens with one attached hydrogen (secondary N) is 1. The third kappa shape index (κ3) is 4.99. The summed E-state index contributed by atoms with van der Waals surface area (Å²) < 4.78 is 12.8. The van der Waals surface area contributed by atoms with Crippen molar-refractivity contribution in [3.63, 3.8) is 0 Å². The van der Waals surface area contributed by atoms with Crippen molar-refractivity contribution in [3.8, 4) is 17.1 Å². The molecule has 2 aromatic heterocycles. The molecule has 6 nitrogen and oxygen atoms in total. The molecule has 3 rings (SSSR count). The number of aryl methyl sites for hydroxylation is 2.